The van der Waals surface area contributed by atoms with E-state index in [0.717, 1.165) is 0 Å². The first kappa shape index (κ1) is 10.2. The summed E-state index contributed by atoms with van der Waals surface area (Å²) in [6, 6.07) is 9.25. The summed E-state index contributed by atoms with van der Waals surface area (Å²) in [6.45, 7) is 0. The van der Waals surface area contributed by atoms with Gasteiger partial charge < -0.3 is 15.2 Å². The van der Waals surface area contributed by atoms with Gasteiger partial charge in [-0.25, -0.2) is 4.98 Å². The minimum atomic E-state index is 0.197. The van der Waals surface area contributed by atoms with E-state index in [-0.39, 0.29) is 11.7 Å². The molecule has 0 bridgehead atoms. The monoisotopic (exact) mass is 217 g/mol. The maximum absolute atomic E-state index is 5.67. The standard InChI is InChI=1S/C11H11N3O2/c1-15-9-7-13-11(10(12)14-9)16-8-5-3-2-4-6-8/h2-7H,1H3,(H2,12,14). The molecule has 0 aliphatic heterocycles. The molecule has 0 saturated carbocycles. The number of nitrogens with two attached hydrogens (primary N) is 1. The lowest BCUT2D eigenvalue weighted by molar-refractivity contribution is 0.391. The van der Waals surface area contributed by atoms with Gasteiger partial charge in [0, 0.05) is 0 Å². The molecule has 16 heavy (non-hydrogen) atoms. The summed E-state index contributed by atoms with van der Waals surface area (Å²) in [4.78, 5) is 7.97. The molecule has 0 aliphatic carbocycles. The van der Waals surface area contributed by atoms with Crippen LogP contribution in [0, 0.1) is 0 Å². The van der Waals surface area contributed by atoms with Crippen molar-refractivity contribution in [2.24, 2.45) is 0 Å². The second-order valence-electron chi connectivity index (χ2n) is 3.02. The Morgan fingerprint density at radius 2 is 1.94 bits per heavy atom. The molecule has 2 aromatic rings. The van der Waals surface area contributed by atoms with Crippen molar-refractivity contribution in [3.05, 3.63) is 36.5 Å². The van der Waals surface area contributed by atoms with Crippen molar-refractivity contribution in [3.63, 3.8) is 0 Å². The highest BCUT2D eigenvalue weighted by Crippen LogP contribution is 2.24. The van der Waals surface area contributed by atoms with E-state index in [1.165, 1.54) is 13.3 Å². The van der Waals surface area contributed by atoms with Crippen molar-refractivity contribution in [2.75, 3.05) is 12.8 Å². The number of ether oxygens (including phenoxy) is 2. The third-order valence-electron chi connectivity index (χ3n) is 1.91. The smallest absolute Gasteiger partial charge is 0.262 e. The second-order valence-corrected chi connectivity index (χ2v) is 3.02. The molecule has 0 fully saturated rings. The number of rotatable bonds is 3. The van der Waals surface area contributed by atoms with Gasteiger partial charge in [0.2, 0.25) is 5.88 Å². The highest BCUT2D eigenvalue weighted by atomic mass is 16.5. The number of methoxy groups -OCH3 is 1. The van der Waals surface area contributed by atoms with E-state index in [4.69, 9.17) is 15.2 Å². The van der Waals surface area contributed by atoms with Crippen molar-refractivity contribution < 1.29 is 9.47 Å². The van der Waals surface area contributed by atoms with Crippen molar-refractivity contribution in [1.29, 1.82) is 0 Å². The Morgan fingerprint density at radius 1 is 1.19 bits per heavy atom. The molecule has 0 unspecified atom stereocenters. The van der Waals surface area contributed by atoms with Gasteiger partial charge in [-0.1, -0.05) is 18.2 Å². The highest BCUT2D eigenvalue weighted by molar-refractivity contribution is 5.43. The number of hydrogen-bond donors (Lipinski definition) is 1. The third kappa shape index (κ3) is 2.20. The Balaban J connectivity index is 2.22. The van der Waals surface area contributed by atoms with Gasteiger partial charge in [0.15, 0.2) is 5.82 Å². The summed E-state index contributed by atoms with van der Waals surface area (Å²) >= 11 is 0. The molecule has 2 N–H and O–H groups in total. The first-order chi connectivity index (χ1) is 7.79. The van der Waals surface area contributed by atoms with Crippen LogP contribution >= 0.6 is 0 Å². The molecule has 0 atom stereocenters. The Kier molecular flexibility index (Phi) is 2.86. The predicted molar refractivity (Wildman–Crippen MR) is 59.5 cm³/mol. The van der Waals surface area contributed by atoms with Gasteiger partial charge in [0.25, 0.3) is 5.88 Å². The summed E-state index contributed by atoms with van der Waals surface area (Å²) in [5.74, 6) is 1.49. The molecule has 82 valence electrons. The number of para-hydroxylation sites is 1. The summed E-state index contributed by atoms with van der Waals surface area (Å²) in [6.07, 6.45) is 1.45. The highest BCUT2D eigenvalue weighted by Gasteiger charge is 2.06. The fourth-order valence-electron chi connectivity index (χ4n) is 1.15. The molecule has 0 saturated heterocycles. The molecule has 0 spiro atoms. The molecule has 2 rings (SSSR count). The van der Waals surface area contributed by atoms with Crippen LogP contribution in [0.3, 0.4) is 0 Å². The first-order valence-corrected chi connectivity index (χ1v) is 4.69. The number of anilines is 1. The van der Waals surface area contributed by atoms with E-state index >= 15 is 0 Å². The van der Waals surface area contributed by atoms with Crippen molar-refractivity contribution in [2.45, 2.75) is 0 Å². The van der Waals surface area contributed by atoms with Crippen LogP contribution in [0.25, 0.3) is 0 Å². The van der Waals surface area contributed by atoms with Gasteiger partial charge in [0.1, 0.15) is 5.75 Å². The van der Waals surface area contributed by atoms with Crippen LogP contribution < -0.4 is 15.2 Å². The number of nitrogens with zero attached hydrogens (tertiary/aromatic N) is 2. The molecule has 0 aliphatic rings. The number of nitrogen functional groups attached to an aromatic ring is 1. The Hall–Kier alpha value is -2.30. The largest absolute Gasteiger partial charge is 0.480 e. The molecule has 5 nitrogen and oxygen atoms in total. The van der Waals surface area contributed by atoms with Crippen molar-refractivity contribution in [3.8, 4) is 17.5 Å². The Morgan fingerprint density at radius 3 is 2.56 bits per heavy atom. The fourth-order valence-corrected chi connectivity index (χ4v) is 1.15. The number of hydrogen-bond acceptors (Lipinski definition) is 5. The van der Waals surface area contributed by atoms with Crippen LogP contribution in [-0.4, -0.2) is 17.1 Å². The van der Waals surface area contributed by atoms with Crippen LogP contribution in [0.2, 0.25) is 0 Å². The van der Waals surface area contributed by atoms with Gasteiger partial charge in [-0.3, -0.25) is 0 Å². The van der Waals surface area contributed by atoms with Crippen LogP contribution in [0.1, 0.15) is 0 Å². The lowest BCUT2D eigenvalue weighted by Crippen LogP contribution is -1.99. The average molecular weight is 217 g/mol. The Bertz CT molecular complexity index is 474. The second kappa shape index (κ2) is 4.48. The summed E-state index contributed by atoms with van der Waals surface area (Å²) in [7, 11) is 1.50. The third-order valence-corrected chi connectivity index (χ3v) is 1.91. The lowest BCUT2D eigenvalue weighted by atomic mass is 10.3. The fraction of sp³-hybridized carbons (Fsp3) is 0.0909. The van der Waals surface area contributed by atoms with E-state index in [1.807, 2.05) is 30.3 Å². The van der Waals surface area contributed by atoms with E-state index in [1.54, 1.807) is 0 Å². The van der Waals surface area contributed by atoms with E-state index in [2.05, 4.69) is 9.97 Å². The predicted octanol–water partition coefficient (Wildman–Crippen LogP) is 1.86. The van der Waals surface area contributed by atoms with Gasteiger partial charge in [0.05, 0.1) is 13.3 Å². The maximum Gasteiger partial charge on any atom is 0.262 e. The molecule has 0 amide bonds. The van der Waals surface area contributed by atoms with Crippen molar-refractivity contribution >= 4 is 5.82 Å². The van der Waals surface area contributed by atoms with Crippen molar-refractivity contribution in [1.82, 2.24) is 9.97 Å². The van der Waals surface area contributed by atoms with Gasteiger partial charge in [-0.2, -0.15) is 4.98 Å². The van der Waals surface area contributed by atoms with Crippen LogP contribution in [-0.2, 0) is 0 Å². The van der Waals surface area contributed by atoms with E-state index < -0.39 is 0 Å². The molecule has 0 radical (unpaired) electrons. The van der Waals surface area contributed by atoms with Crippen LogP contribution in [0.15, 0.2) is 36.5 Å². The Labute approximate surface area is 92.9 Å². The molecule has 1 aromatic heterocycles. The lowest BCUT2D eigenvalue weighted by Gasteiger charge is -2.06. The molecule has 1 heterocycles. The minimum Gasteiger partial charge on any atom is -0.480 e. The summed E-state index contributed by atoms with van der Waals surface area (Å²) in [5, 5.41) is 0. The topological polar surface area (TPSA) is 70.3 Å². The molecular formula is C11H11N3O2. The van der Waals surface area contributed by atoms with Gasteiger partial charge in [-0.15, -0.1) is 0 Å². The van der Waals surface area contributed by atoms with Gasteiger partial charge >= 0.3 is 0 Å². The van der Waals surface area contributed by atoms with Crippen LogP contribution in [0.4, 0.5) is 5.82 Å². The normalized spacial score (nSPS) is 9.81. The molecule has 1 aromatic carbocycles. The minimum absolute atomic E-state index is 0.197. The van der Waals surface area contributed by atoms with E-state index in [9.17, 15) is 0 Å². The van der Waals surface area contributed by atoms with Gasteiger partial charge in [-0.05, 0) is 12.1 Å². The average Bonchev–Trinajstić information content (AvgIpc) is 2.33. The summed E-state index contributed by atoms with van der Waals surface area (Å²) in [5.41, 5.74) is 5.67. The zero-order valence-corrected chi connectivity index (χ0v) is 8.75. The maximum atomic E-state index is 5.67. The molecular weight excluding hydrogens is 206 g/mol. The number of aromatic nitrogens is 2. The van der Waals surface area contributed by atoms with E-state index in [0.29, 0.717) is 11.6 Å². The zero-order chi connectivity index (χ0) is 11.4. The SMILES string of the molecule is COc1cnc(Oc2ccccc2)c(N)n1. The van der Waals surface area contributed by atoms with Crippen LogP contribution in [0.5, 0.6) is 17.5 Å². The number of benzene rings is 1. The zero-order valence-electron chi connectivity index (χ0n) is 8.75. The quantitative estimate of drug-likeness (QED) is 0.849. The molecule has 5 heteroatoms. The summed E-state index contributed by atoms with van der Waals surface area (Å²) < 4.78 is 10.3. The first-order valence-electron chi connectivity index (χ1n) is 4.69.